The van der Waals surface area contributed by atoms with Gasteiger partial charge in [-0.2, -0.15) is 0 Å². The summed E-state index contributed by atoms with van der Waals surface area (Å²) in [5.74, 6) is -0.180. The molecule has 2 fully saturated rings. The predicted molar refractivity (Wildman–Crippen MR) is 95.0 cm³/mol. The average Bonchev–Trinajstić information content (AvgIpc) is 2.79. The monoisotopic (exact) mass is 342 g/mol. The van der Waals surface area contributed by atoms with Crippen molar-refractivity contribution in [2.75, 3.05) is 32.5 Å². The van der Waals surface area contributed by atoms with E-state index in [4.69, 9.17) is 0 Å². The Bertz CT molecular complexity index is 720. The van der Waals surface area contributed by atoms with Gasteiger partial charge < -0.3 is 15.1 Å². The van der Waals surface area contributed by atoms with Gasteiger partial charge in [-0.05, 0) is 30.5 Å². The van der Waals surface area contributed by atoms with Gasteiger partial charge in [-0.15, -0.1) is 0 Å². The summed E-state index contributed by atoms with van der Waals surface area (Å²) in [6, 6.07) is 6.91. The lowest BCUT2D eigenvalue weighted by molar-refractivity contribution is -0.134. The fourth-order valence-corrected chi connectivity index (χ4v) is 3.48. The number of likely N-dealkylation sites (tertiary alicyclic amines) is 1. The van der Waals surface area contributed by atoms with Crippen molar-refractivity contribution in [1.82, 2.24) is 14.7 Å². The number of piperidine rings is 1. The van der Waals surface area contributed by atoms with E-state index in [2.05, 4.69) is 11.9 Å². The minimum Gasteiger partial charge on any atom is -0.324 e. The van der Waals surface area contributed by atoms with Crippen LogP contribution >= 0.6 is 0 Å². The van der Waals surface area contributed by atoms with E-state index in [-0.39, 0.29) is 18.0 Å². The van der Waals surface area contributed by atoms with Crippen molar-refractivity contribution in [3.05, 3.63) is 36.4 Å². The zero-order chi connectivity index (χ0) is 18.2. The molecule has 2 aliphatic heterocycles. The van der Waals surface area contributed by atoms with Crippen LogP contribution in [-0.4, -0.2) is 65.4 Å². The van der Waals surface area contributed by atoms with Gasteiger partial charge in [0.05, 0.1) is 0 Å². The average molecular weight is 342 g/mol. The third-order valence-electron chi connectivity index (χ3n) is 5.19. The van der Waals surface area contributed by atoms with E-state index in [1.165, 1.54) is 11.9 Å². The molecule has 3 rings (SSSR count). The number of nitrogens with one attached hydrogen (secondary N) is 1. The zero-order valence-corrected chi connectivity index (χ0v) is 14.5. The first-order valence-electron chi connectivity index (χ1n) is 8.23. The lowest BCUT2D eigenvalue weighted by atomic mass is 9.86. The molecule has 132 valence electrons. The second kappa shape index (κ2) is 6.23. The molecule has 25 heavy (non-hydrogen) atoms. The highest BCUT2D eigenvalue weighted by atomic mass is 16.2. The van der Waals surface area contributed by atoms with Crippen molar-refractivity contribution in [2.45, 2.75) is 18.4 Å². The summed E-state index contributed by atoms with van der Waals surface area (Å²) < 4.78 is 0. The first kappa shape index (κ1) is 17.0. The van der Waals surface area contributed by atoms with Crippen molar-refractivity contribution >= 4 is 29.7 Å². The number of rotatable bonds is 2. The molecule has 0 atom stereocenters. The lowest BCUT2D eigenvalue weighted by Crippen LogP contribution is -2.56. The van der Waals surface area contributed by atoms with Gasteiger partial charge in [0, 0.05) is 32.9 Å². The van der Waals surface area contributed by atoms with E-state index in [0.717, 1.165) is 10.5 Å². The number of carbonyl (C=O) groups is 3. The number of nitrogens with zero attached hydrogens (tertiary/aromatic N) is 3. The first-order chi connectivity index (χ1) is 11.9. The fraction of sp³-hybridized carbons (Fsp3) is 0.389. The van der Waals surface area contributed by atoms with Crippen LogP contribution in [-0.2, 0) is 4.79 Å². The number of carbonyl (C=O) groups excluding carboxylic acids is 3. The largest absolute Gasteiger partial charge is 0.327 e. The van der Waals surface area contributed by atoms with Crippen molar-refractivity contribution in [1.29, 1.82) is 0 Å². The van der Waals surface area contributed by atoms with Gasteiger partial charge in [0.15, 0.2) is 0 Å². The van der Waals surface area contributed by atoms with Crippen LogP contribution in [0.25, 0.3) is 6.08 Å². The van der Waals surface area contributed by atoms with E-state index in [1.807, 2.05) is 24.3 Å². The summed E-state index contributed by atoms with van der Waals surface area (Å²) in [4.78, 5) is 41.3. The van der Waals surface area contributed by atoms with Crippen molar-refractivity contribution in [3.8, 4) is 0 Å². The van der Waals surface area contributed by atoms with Crippen LogP contribution in [0.4, 0.5) is 15.3 Å². The molecule has 2 heterocycles. The van der Waals surface area contributed by atoms with Gasteiger partial charge in [-0.1, -0.05) is 24.8 Å². The summed E-state index contributed by atoms with van der Waals surface area (Å²) in [7, 11) is 3.16. The van der Waals surface area contributed by atoms with Gasteiger partial charge in [-0.25, -0.2) is 9.59 Å². The summed E-state index contributed by atoms with van der Waals surface area (Å²) in [5.41, 5.74) is 0.878. The summed E-state index contributed by atoms with van der Waals surface area (Å²) >= 11 is 0. The van der Waals surface area contributed by atoms with E-state index < -0.39 is 5.54 Å². The molecule has 1 aromatic rings. The molecular weight excluding hydrogens is 320 g/mol. The Balaban J connectivity index is 1.63. The topological polar surface area (TPSA) is 73.0 Å². The molecule has 2 saturated heterocycles. The normalized spacial score (nSPS) is 19.5. The maximum absolute atomic E-state index is 12.5. The molecule has 1 spiro atoms. The molecule has 0 aliphatic carbocycles. The fourth-order valence-electron chi connectivity index (χ4n) is 3.48. The number of benzene rings is 1. The Kier molecular flexibility index (Phi) is 4.24. The number of hydrogen-bond acceptors (Lipinski definition) is 3. The Morgan fingerprint density at radius 1 is 1.16 bits per heavy atom. The van der Waals surface area contributed by atoms with Crippen LogP contribution in [0.1, 0.15) is 18.4 Å². The minimum absolute atomic E-state index is 0.180. The quantitative estimate of drug-likeness (QED) is 0.838. The number of urea groups is 2. The van der Waals surface area contributed by atoms with Crippen LogP contribution in [0, 0.1) is 0 Å². The standard InChI is InChI=1S/C18H22N4O3/c1-4-13-5-7-14(8-6-13)19-16(24)22-11-9-18(10-12-22)15(23)20(2)17(25)21(18)3/h4-8H,1,9-12H2,2-3H3,(H,19,24). The third-order valence-corrected chi connectivity index (χ3v) is 5.19. The van der Waals surface area contributed by atoms with Gasteiger partial charge in [-0.3, -0.25) is 9.69 Å². The highest BCUT2D eigenvalue weighted by Gasteiger charge is 2.55. The highest BCUT2D eigenvalue weighted by molar-refractivity contribution is 6.06. The number of amides is 5. The Morgan fingerprint density at radius 3 is 2.24 bits per heavy atom. The molecule has 0 bridgehead atoms. The second-order valence-electron chi connectivity index (χ2n) is 6.48. The number of hydrogen-bond donors (Lipinski definition) is 1. The molecule has 1 aromatic carbocycles. The van der Waals surface area contributed by atoms with Crippen LogP contribution in [0.2, 0.25) is 0 Å². The Morgan fingerprint density at radius 2 is 1.76 bits per heavy atom. The summed E-state index contributed by atoms with van der Waals surface area (Å²) in [6.45, 7) is 4.55. The molecular formula is C18H22N4O3. The van der Waals surface area contributed by atoms with Crippen LogP contribution < -0.4 is 5.32 Å². The molecule has 0 aromatic heterocycles. The van der Waals surface area contributed by atoms with Crippen LogP contribution in [0.3, 0.4) is 0 Å². The summed E-state index contributed by atoms with van der Waals surface area (Å²) in [6.07, 6.45) is 2.63. The molecule has 7 nitrogen and oxygen atoms in total. The summed E-state index contributed by atoms with van der Waals surface area (Å²) in [5, 5.41) is 2.86. The van der Waals surface area contributed by atoms with Crippen LogP contribution in [0.5, 0.6) is 0 Å². The third kappa shape index (κ3) is 2.75. The number of anilines is 1. The Labute approximate surface area is 146 Å². The molecule has 5 amide bonds. The zero-order valence-electron chi connectivity index (χ0n) is 14.5. The molecule has 2 aliphatic rings. The smallest absolute Gasteiger partial charge is 0.324 e. The molecule has 0 radical (unpaired) electrons. The van der Waals surface area contributed by atoms with Gasteiger partial charge in [0.2, 0.25) is 0 Å². The van der Waals surface area contributed by atoms with Crippen molar-refractivity contribution in [3.63, 3.8) is 0 Å². The van der Waals surface area contributed by atoms with Gasteiger partial charge in [0.25, 0.3) is 5.91 Å². The van der Waals surface area contributed by atoms with Crippen molar-refractivity contribution < 1.29 is 14.4 Å². The van der Waals surface area contributed by atoms with E-state index in [0.29, 0.717) is 31.6 Å². The van der Waals surface area contributed by atoms with E-state index in [9.17, 15) is 14.4 Å². The second-order valence-corrected chi connectivity index (χ2v) is 6.48. The SMILES string of the molecule is C=Cc1ccc(NC(=O)N2CCC3(CC2)C(=O)N(C)C(=O)N3C)cc1. The van der Waals surface area contributed by atoms with Crippen molar-refractivity contribution in [2.24, 2.45) is 0 Å². The number of imide groups is 1. The minimum atomic E-state index is -0.811. The molecule has 1 N–H and O–H groups in total. The molecule has 0 unspecified atom stereocenters. The maximum atomic E-state index is 12.5. The van der Waals surface area contributed by atoms with E-state index >= 15 is 0 Å². The highest BCUT2D eigenvalue weighted by Crippen LogP contribution is 2.35. The molecule has 7 heteroatoms. The first-order valence-corrected chi connectivity index (χ1v) is 8.23. The van der Waals surface area contributed by atoms with Gasteiger partial charge in [0.1, 0.15) is 5.54 Å². The Hall–Kier alpha value is -2.83. The lowest BCUT2D eigenvalue weighted by Gasteiger charge is -2.40. The maximum Gasteiger partial charge on any atom is 0.327 e. The van der Waals surface area contributed by atoms with Gasteiger partial charge >= 0.3 is 12.1 Å². The molecule has 0 saturated carbocycles. The predicted octanol–water partition coefficient (Wildman–Crippen LogP) is 2.22. The number of likely N-dealkylation sites (N-methyl/N-ethyl adjacent to an activating group) is 2. The van der Waals surface area contributed by atoms with Crippen LogP contribution in [0.15, 0.2) is 30.8 Å². The van der Waals surface area contributed by atoms with E-state index in [1.54, 1.807) is 18.0 Å².